The van der Waals surface area contributed by atoms with Crippen LogP contribution in [0.2, 0.25) is 0 Å². The first-order valence-corrected chi connectivity index (χ1v) is 43.2. The maximum Gasteiger partial charge on any atom is 0.472 e. The Hall–Kier alpha value is -2.46. The van der Waals surface area contributed by atoms with E-state index in [0.717, 1.165) is 127 Å². The molecule has 0 fully saturated rings. The molecular weight excluding hydrogens is 1280 g/mol. The zero-order valence-corrected chi connectivity index (χ0v) is 65.5. The van der Waals surface area contributed by atoms with Gasteiger partial charge < -0.3 is 33.8 Å². The Morgan fingerprint density at radius 3 is 0.908 bits per heavy atom. The van der Waals surface area contributed by atoms with Crippen LogP contribution in [0.4, 0.5) is 0 Å². The number of phosphoric ester groups is 2. The minimum atomic E-state index is -4.97. The van der Waals surface area contributed by atoms with Gasteiger partial charge in [-0.25, -0.2) is 9.13 Å². The highest BCUT2D eigenvalue weighted by molar-refractivity contribution is 7.47. The molecule has 0 aliphatic heterocycles. The third kappa shape index (κ3) is 69.3. The lowest BCUT2D eigenvalue weighted by Crippen LogP contribution is -2.30. The number of rotatable bonds is 75. The normalized spacial score (nSPS) is 14.7. The first kappa shape index (κ1) is 95.5. The fourth-order valence-corrected chi connectivity index (χ4v) is 13.1. The van der Waals surface area contributed by atoms with E-state index in [4.69, 9.17) is 37.0 Å². The third-order valence-electron chi connectivity index (χ3n) is 18.5. The van der Waals surface area contributed by atoms with Crippen LogP contribution in [0, 0.1) is 17.8 Å². The molecule has 0 radical (unpaired) electrons. The van der Waals surface area contributed by atoms with Gasteiger partial charge in [-0.1, -0.05) is 330 Å². The third-order valence-corrected chi connectivity index (χ3v) is 20.4. The van der Waals surface area contributed by atoms with E-state index < -0.39 is 97.5 Å². The van der Waals surface area contributed by atoms with Crippen LogP contribution < -0.4 is 0 Å². The number of allylic oxidation sites excluding steroid dienone is 4. The SMILES string of the molecule is CCCCCC/C=C\C=C/CCCCCCCC(=O)OC[C@H](COP(=O)(O)OC[C@@H](O)COP(=O)(O)OC[C@@H](COC(=O)CCCCCCCCC(C)C)OC(=O)CCCCCCCCCCC(C)CC)OC(=O)CCCCCCCCCCCCCCCCCCCCC(C)CC. The summed E-state index contributed by atoms with van der Waals surface area (Å²) in [5.74, 6) is 0.166. The van der Waals surface area contributed by atoms with E-state index in [1.807, 2.05) is 0 Å². The van der Waals surface area contributed by atoms with Gasteiger partial charge in [0.15, 0.2) is 12.2 Å². The van der Waals surface area contributed by atoms with Crippen LogP contribution in [0.25, 0.3) is 0 Å². The molecule has 3 N–H and O–H groups in total. The molecule has 0 aromatic carbocycles. The van der Waals surface area contributed by atoms with Crippen molar-refractivity contribution in [1.82, 2.24) is 0 Å². The zero-order chi connectivity index (χ0) is 72.3. The molecule has 7 atom stereocenters. The maximum atomic E-state index is 13.1. The highest BCUT2D eigenvalue weighted by atomic mass is 31.2. The van der Waals surface area contributed by atoms with Gasteiger partial charge in [0.25, 0.3) is 0 Å². The number of hydrogen-bond donors (Lipinski definition) is 3. The van der Waals surface area contributed by atoms with Gasteiger partial charge in [0.05, 0.1) is 26.4 Å². The molecule has 578 valence electrons. The summed E-state index contributed by atoms with van der Waals surface area (Å²) < 4.78 is 68.5. The van der Waals surface area contributed by atoms with Gasteiger partial charge >= 0.3 is 39.5 Å². The Labute approximate surface area is 599 Å². The van der Waals surface area contributed by atoms with E-state index in [9.17, 15) is 43.2 Å². The smallest absolute Gasteiger partial charge is 0.462 e. The molecule has 0 heterocycles. The Bertz CT molecular complexity index is 2000. The predicted octanol–water partition coefficient (Wildman–Crippen LogP) is 22.9. The summed E-state index contributed by atoms with van der Waals surface area (Å²) in [5, 5.41) is 10.6. The van der Waals surface area contributed by atoms with E-state index in [1.165, 1.54) is 167 Å². The summed E-state index contributed by atoms with van der Waals surface area (Å²) in [6.45, 7) is 11.8. The second-order valence-electron chi connectivity index (χ2n) is 28.7. The maximum absolute atomic E-state index is 13.1. The zero-order valence-electron chi connectivity index (χ0n) is 63.7. The van der Waals surface area contributed by atoms with Crippen molar-refractivity contribution in [3.63, 3.8) is 0 Å². The summed E-state index contributed by atoms with van der Waals surface area (Å²) in [4.78, 5) is 72.8. The number of aliphatic hydroxyl groups excluding tert-OH is 1. The highest BCUT2D eigenvalue weighted by Crippen LogP contribution is 2.45. The van der Waals surface area contributed by atoms with Crippen LogP contribution in [0.1, 0.15) is 382 Å². The quantitative estimate of drug-likeness (QED) is 0.0169. The van der Waals surface area contributed by atoms with Crippen molar-refractivity contribution in [2.24, 2.45) is 17.8 Å². The summed E-state index contributed by atoms with van der Waals surface area (Å²) in [7, 11) is -9.93. The number of phosphoric acid groups is 2. The molecule has 0 saturated heterocycles. The molecule has 19 heteroatoms. The Morgan fingerprint density at radius 1 is 0.337 bits per heavy atom. The number of esters is 4. The van der Waals surface area contributed by atoms with Crippen LogP contribution in [-0.2, 0) is 65.4 Å². The number of ether oxygens (including phenoxy) is 4. The monoisotopic (exact) mass is 1430 g/mol. The van der Waals surface area contributed by atoms with Crippen molar-refractivity contribution in [3.05, 3.63) is 24.3 Å². The van der Waals surface area contributed by atoms with Crippen molar-refractivity contribution in [1.29, 1.82) is 0 Å². The average Bonchev–Trinajstić information content (AvgIpc) is 3.38. The summed E-state index contributed by atoms with van der Waals surface area (Å²) in [6.07, 6.45) is 59.3. The Kier molecular flexibility index (Phi) is 67.2. The van der Waals surface area contributed by atoms with Crippen LogP contribution in [0.15, 0.2) is 24.3 Å². The molecule has 0 aliphatic carbocycles. The molecule has 0 aromatic rings. The highest BCUT2D eigenvalue weighted by Gasteiger charge is 2.30. The second kappa shape index (κ2) is 68.9. The van der Waals surface area contributed by atoms with Crippen LogP contribution in [0.3, 0.4) is 0 Å². The first-order chi connectivity index (χ1) is 47.3. The van der Waals surface area contributed by atoms with Crippen molar-refractivity contribution in [2.45, 2.75) is 401 Å². The summed E-state index contributed by atoms with van der Waals surface area (Å²) >= 11 is 0. The Balaban J connectivity index is 5.23. The van der Waals surface area contributed by atoms with Crippen LogP contribution in [0.5, 0.6) is 0 Å². The summed E-state index contributed by atoms with van der Waals surface area (Å²) in [5.41, 5.74) is 0. The number of carbonyl (C=O) groups is 4. The minimum absolute atomic E-state index is 0.101. The standard InChI is InChI=1S/C79H150O17P2/c1-8-11-12-13-14-15-16-17-22-26-29-32-38-46-53-60-76(81)89-66-74(95-78(83)62-55-48-39-33-30-27-24-21-19-18-20-23-25-28-31-36-44-51-58-71(6)9-2)68-93-97(85,86)91-64-73(80)65-92-98(87,88)94-69-75(67-90-77(82)61-54-47-42-41-43-50-57-70(4)5)96-79(84)63-56-49-40-35-34-37-45-52-59-72(7)10-3/h15-17,22,70-75,80H,8-14,18-21,23-69H2,1-7H3,(H,85,86)(H,87,88)/b16-15-,22-17-/t71?,72?,73-,74-,75-/m1/s1. The largest absolute Gasteiger partial charge is 0.472 e. The van der Waals surface area contributed by atoms with Gasteiger partial charge in [-0.3, -0.25) is 37.3 Å². The molecule has 4 unspecified atom stereocenters. The van der Waals surface area contributed by atoms with E-state index in [-0.39, 0.29) is 25.7 Å². The van der Waals surface area contributed by atoms with Crippen molar-refractivity contribution >= 4 is 39.5 Å². The average molecular weight is 1430 g/mol. The Morgan fingerprint density at radius 2 is 0.602 bits per heavy atom. The fourth-order valence-electron chi connectivity index (χ4n) is 11.5. The fraction of sp³-hybridized carbons (Fsp3) is 0.899. The predicted molar refractivity (Wildman–Crippen MR) is 400 cm³/mol. The number of aliphatic hydroxyl groups is 1. The van der Waals surface area contributed by atoms with Gasteiger partial charge in [0, 0.05) is 25.7 Å². The van der Waals surface area contributed by atoms with E-state index >= 15 is 0 Å². The van der Waals surface area contributed by atoms with E-state index in [1.54, 1.807) is 0 Å². The lowest BCUT2D eigenvalue weighted by atomic mass is 9.99. The van der Waals surface area contributed by atoms with Crippen molar-refractivity contribution in [2.75, 3.05) is 39.6 Å². The number of carbonyl (C=O) groups excluding carboxylic acids is 4. The van der Waals surface area contributed by atoms with E-state index in [0.29, 0.717) is 31.6 Å². The molecular formula is C79H150O17P2. The molecule has 0 amide bonds. The number of unbranched alkanes of at least 4 members (excludes halogenated alkanes) is 38. The molecule has 17 nitrogen and oxygen atoms in total. The molecule has 98 heavy (non-hydrogen) atoms. The van der Waals surface area contributed by atoms with Crippen molar-refractivity contribution in [3.8, 4) is 0 Å². The van der Waals surface area contributed by atoms with Crippen LogP contribution >= 0.6 is 15.6 Å². The molecule has 0 aliphatic rings. The minimum Gasteiger partial charge on any atom is -0.462 e. The molecule has 0 spiro atoms. The van der Waals surface area contributed by atoms with Gasteiger partial charge in [0.2, 0.25) is 0 Å². The first-order valence-electron chi connectivity index (χ1n) is 40.2. The van der Waals surface area contributed by atoms with Crippen LogP contribution in [-0.4, -0.2) is 96.7 Å². The molecule has 0 saturated carbocycles. The van der Waals surface area contributed by atoms with Gasteiger partial charge in [0.1, 0.15) is 19.3 Å². The van der Waals surface area contributed by atoms with Gasteiger partial charge in [-0.15, -0.1) is 0 Å². The summed E-state index contributed by atoms with van der Waals surface area (Å²) in [6, 6.07) is 0. The van der Waals surface area contributed by atoms with Gasteiger partial charge in [-0.2, -0.15) is 0 Å². The van der Waals surface area contributed by atoms with Gasteiger partial charge in [-0.05, 0) is 69.1 Å². The molecule has 0 rings (SSSR count). The lowest BCUT2D eigenvalue weighted by molar-refractivity contribution is -0.161. The second-order valence-corrected chi connectivity index (χ2v) is 31.6. The van der Waals surface area contributed by atoms with Crippen molar-refractivity contribution < 1.29 is 80.2 Å². The number of hydrogen-bond acceptors (Lipinski definition) is 15. The molecule has 0 aromatic heterocycles. The topological polar surface area (TPSA) is 237 Å². The van der Waals surface area contributed by atoms with E-state index in [2.05, 4.69) is 72.8 Å². The lowest BCUT2D eigenvalue weighted by Gasteiger charge is -2.21. The molecule has 0 bridgehead atoms.